The fourth-order valence-corrected chi connectivity index (χ4v) is 2.92. The Balaban J connectivity index is 0.000000345. The lowest BCUT2D eigenvalue weighted by molar-refractivity contribution is -0.192. The number of nitrogens with one attached hydrogen (secondary N) is 1. The van der Waals surface area contributed by atoms with Crippen LogP contribution in [0.5, 0.6) is 0 Å². The number of hydrogen-bond acceptors (Lipinski definition) is 4. The number of hydrogen-bond donors (Lipinski definition) is 2. The first-order chi connectivity index (χ1) is 13.1. The third-order valence-corrected chi connectivity index (χ3v) is 4.54. The summed E-state index contributed by atoms with van der Waals surface area (Å²) in [4.78, 5) is 27.1. The van der Waals surface area contributed by atoms with Gasteiger partial charge < -0.3 is 10.0 Å². The molecule has 7 nitrogen and oxygen atoms in total. The zero-order valence-electron chi connectivity index (χ0n) is 15.5. The van der Waals surface area contributed by atoms with Gasteiger partial charge in [-0.25, -0.2) is 4.79 Å². The minimum atomic E-state index is -5.08. The molecule has 2 N–H and O–H groups in total. The van der Waals surface area contributed by atoms with Crippen molar-refractivity contribution in [2.75, 3.05) is 13.6 Å². The van der Waals surface area contributed by atoms with Crippen LogP contribution in [0.4, 0.5) is 13.2 Å². The van der Waals surface area contributed by atoms with Crippen LogP contribution in [0, 0.1) is 5.92 Å². The van der Waals surface area contributed by atoms with Gasteiger partial charge in [0.05, 0.1) is 5.69 Å². The van der Waals surface area contributed by atoms with Gasteiger partial charge in [0.15, 0.2) is 0 Å². The molecule has 2 heterocycles. The first-order valence-corrected chi connectivity index (χ1v) is 8.66. The number of alkyl halides is 3. The molecule has 0 fully saturated rings. The average molecular weight is 398 g/mol. The molecule has 152 valence electrons. The van der Waals surface area contributed by atoms with Crippen molar-refractivity contribution >= 4 is 11.9 Å². The molecular weight excluding hydrogens is 377 g/mol. The minimum Gasteiger partial charge on any atom is -0.475 e. The van der Waals surface area contributed by atoms with E-state index in [-0.39, 0.29) is 11.8 Å². The molecular formula is C18H21F3N4O3. The number of aliphatic carboxylic acids is 1. The molecule has 2 aromatic heterocycles. The average Bonchev–Trinajstić information content (AvgIpc) is 3.10. The van der Waals surface area contributed by atoms with E-state index in [4.69, 9.17) is 9.90 Å². The summed E-state index contributed by atoms with van der Waals surface area (Å²) in [6.45, 7) is 2.76. The van der Waals surface area contributed by atoms with Gasteiger partial charge in [-0.3, -0.25) is 14.9 Å². The van der Waals surface area contributed by atoms with Crippen molar-refractivity contribution in [3.05, 3.63) is 35.8 Å². The Morgan fingerprint density at radius 1 is 1.32 bits per heavy atom. The van der Waals surface area contributed by atoms with Crippen molar-refractivity contribution in [1.82, 2.24) is 20.1 Å². The van der Waals surface area contributed by atoms with Crippen LogP contribution in [0.2, 0.25) is 0 Å². The highest BCUT2D eigenvalue weighted by molar-refractivity contribution is 5.80. The van der Waals surface area contributed by atoms with E-state index in [1.54, 1.807) is 12.4 Å². The van der Waals surface area contributed by atoms with Gasteiger partial charge in [0, 0.05) is 48.7 Å². The highest BCUT2D eigenvalue weighted by Crippen LogP contribution is 2.32. The highest BCUT2D eigenvalue weighted by atomic mass is 19.4. The summed E-state index contributed by atoms with van der Waals surface area (Å²) in [6, 6.07) is 3.92. The molecule has 0 aromatic carbocycles. The number of pyridine rings is 1. The van der Waals surface area contributed by atoms with Gasteiger partial charge in [0.2, 0.25) is 5.91 Å². The molecule has 0 bridgehead atoms. The SMILES string of the molecule is CCN(C)C(=O)C1CCc2[nH]nc(-c3ccncc3)c2C1.O=C(O)C(F)(F)F. The number of carboxylic acids is 1. The van der Waals surface area contributed by atoms with E-state index in [9.17, 15) is 18.0 Å². The normalized spacial score (nSPS) is 15.8. The van der Waals surface area contributed by atoms with E-state index < -0.39 is 12.1 Å². The predicted octanol–water partition coefficient (Wildman–Crippen LogP) is 2.69. The second-order valence-corrected chi connectivity index (χ2v) is 6.36. The number of carboxylic acid groups (broad SMARTS) is 1. The second-order valence-electron chi connectivity index (χ2n) is 6.36. The van der Waals surface area contributed by atoms with Gasteiger partial charge in [0.1, 0.15) is 0 Å². The zero-order chi connectivity index (χ0) is 20.9. The third kappa shape index (κ3) is 5.08. The molecule has 28 heavy (non-hydrogen) atoms. The Morgan fingerprint density at radius 3 is 2.46 bits per heavy atom. The summed E-state index contributed by atoms with van der Waals surface area (Å²) in [7, 11) is 1.87. The summed E-state index contributed by atoms with van der Waals surface area (Å²) >= 11 is 0. The second kappa shape index (κ2) is 8.85. The van der Waals surface area contributed by atoms with E-state index >= 15 is 0 Å². The van der Waals surface area contributed by atoms with E-state index in [1.807, 2.05) is 31.0 Å². The highest BCUT2D eigenvalue weighted by Gasteiger charge is 2.38. The fraction of sp³-hybridized carbons (Fsp3) is 0.444. The summed E-state index contributed by atoms with van der Waals surface area (Å²) in [5.41, 5.74) is 4.38. The van der Waals surface area contributed by atoms with Crippen molar-refractivity contribution in [2.24, 2.45) is 5.92 Å². The number of fused-ring (bicyclic) bond motifs is 1. The van der Waals surface area contributed by atoms with Gasteiger partial charge in [-0.15, -0.1) is 0 Å². The number of aryl methyl sites for hydroxylation is 1. The predicted molar refractivity (Wildman–Crippen MR) is 94.3 cm³/mol. The number of H-pyrrole nitrogens is 1. The Kier molecular flexibility index (Phi) is 6.76. The van der Waals surface area contributed by atoms with Crippen LogP contribution in [-0.4, -0.2) is 56.8 Å². The van der Waals surface area contributed by atoms with Crippen molar-refractivity contribution in [3.8, 4) is 11.3 Å². The lowest BCUT2D eigenvalue weighted by Gasteiger charge is -2.26. The molecule has 0 saturated carbocycles. The number of halogens is 3. The fourth-order valence-electron chi connectivity index (χ4n) is 2.92. The number of aromatic nitrogens is 3. The molecule has 1 unspecified atom stereocenters. The quantitative estimate of drug-likeness (QED) is 0.828. The molecule has 0 aliphatic heterocycles. The molecule has 1 aliphatic rings. The van der Waals surface area contributed by atoms with Crippen LogP contribution in [-0.2, 0) is 22.4 Å². The van der Waals surface area contributed by atoms with Gasteiger partial charge >= 0.3 is 12.1 Å². The van der Waals surface area contributed by atoms with Crippen molar-refractivity contribution in [2.45, 2.75) is 32.4 Å². The summed E-state index contributed by atoms with van der Waals surface area (Å²) in [5, 5.41) is 14.7. The number of carbonyl (C=O) groups excluding carboxylic acids is 1. The summed E-state index contributed by atoms with van der Waals surface area (Å²) < 4.78 is 31.7. The molecule has 0 spiro atoms. The molecule has 1 amide bonds. The monoisotopic (exact) mass is 398 g/mol. The number of aromatic amines is 1. The zero-order valence-corrected chi connectivity index (χ0v) is 15.5. The molecule has 0 saturated heterocycles. The van der Waals surface area contributed by atoms with Crippen LogP contribution < -0.4 is 0 Å². The van der Waals surface area contributed by atoms with Gasteiger partial charge in [0.25, 0.3) is 0 Å². The minimum absolute atomic E-state index is 0.0700. The largest absolute Gasteiger partial charge is 0.490 e. The van der Waals surface area contributed by atoms with Gasteiger partial charge in [-0.1, -0.05) is 0 Å². The number of amides is 1. The van der Waals surface area contributed by atoms with Crippen molar-refractivity contribution < 1.29 is 27.9 Å². The molecule has 1 atom stereocenters. The Labute approximate surface area is 159 Å². The maximum Gasteiger partial charge on any atom is 0.490 e. The lowest BCUT2D eigenvalue weighted by Crippen LogP contribution is -2.35. The number of rotatable bonds is 3. The van der Waals surface area contributed by atoms with Crippen LogP contribution in [0.3, 0.4) is 0 Å². The van der Waals surface area contributed by atoms with E-state index in [2.05, 4.69) is 15.2 Å². The van der Waals surface area contributed by atoms with E-state index in [0.29, 0.717) is 0 Å². The number of carbonyl (C=O) groups is 2. The first kappa shape index (κ1) is 21.4. The van der Waals surface area contributed by atoms with E-state index in [0.717, 1.165) is 37.1 Å². The Morgan fingerprint density at radius 2 is 1.93 bits per heavy atom. The van der Waals surface area contributed by atoms with Crippen molar-refractivity contribution in [1.29, 1.82) is 0 Å². The number of nitrogens with zero attached hydrogens (tertiary/aromatic N) is 3. The topological polar surface area (TPSA) is 99.2 Å². The van der Waals surface area contributed by atoms with Crippen LogP contribution in [0.1, 0.15) is 24.6 Å². The van der Waals surface area contributed by atoms with Gasteiger partial charge in [-0.05, 0) is 38.3 Å². The van der Waals surface area contributed by atoms with Crippen molar-refractivity contribution in [3.63, 3.8) is 0 Å². The van der Waals surface area contributed by atoms with Crippen LogP contribution in [0.25, 0.3) is 11.3 Å². The van der Waals surface area contributed by atoms with Crippen LogP contribution >= 0.6 is 0 Å². The van der Waals surface area contributed by atoms with E-state index in [1.165, 1.54) is 11.3 Å². The molecule has 1 aliphatic carbocycles. The summed E-state index contributed by atoms with van der Waals surface area (Å²) in [5.74, 6) is -2.45. The van der Waals surface area contributed by atoms with Gasteiger partial charge in [-0.2, -0.15) is 18.3 Å². The smallest absolute Gasteiger partial charge is 0.475 e. The lowest BCUT2D eigenvalue weighted by atomic mass is 9.84. The standard InChI is InChI=1S/C16H20N4O.C2HF3O2/c1-3-20(2)16(21)12-4-5-14-13(10-12)15(19-18-14)11-6-8-17-9-7-11;3-2(4,5)1(6)7/h6-9,12H,3-5,10H2,1-2H3,(H,18,19);(H,6,7). The Hall–Kier alpha value is -2.91. The summed E-state index contributed by atoms with van der Waals surface area (Å²) in [6.07, 6.45) is 1.02. The Bertz CT molecular complexity index is 821. The molecule has 10 heteroatoms. The van der Waals surface area contributed by atoms with Crippen LogP contribution in [0.15, 0.2) is 24.5 Å². The maximum atomic E-state index is 12.4. The first-order valence-electron chi connectivity index (χ1n) is 8.66. The molecule has 0 radical (unpaired) electrons. The third-order valence-electron chi connectivity index (χ3n) is 4.54. The molecule has 3 rings (SSSR count). The maximum absolute atomic E-state index is 12.4. The molecule has 2 aromatic rings.